The van der Waals surface area contributed by atoms with Crippen molar-refractivity contribution < 1.29 is 4.39 Å². The molecule has 0 radical (unpaired) electrons. The van der Waals surface area contributed by atoms with Crippen molar-refractivity contribution in [3.63, 3.8) is 0 Å². The maximum atomic E-state index is 14.5. The summed E-state index contributed by atoms with van der Waals surface area (Å²) in [4.78, 5) is 6.42. The Morgan fingerprint density at radius 3 is 2.76 bits per heavy atom. The zero-order valence-electron chi connectivity index (χ0n) is 12.2. The second-order valence-electron chi connectivity index (χ2n) is 5.96. The number of hydrogen-bond acceptors (Lipinski definition) is 3. The van der Waals surface area contributed by atoms with E-state index in [0.29, 0.717) is 18.9 Å². The number of likely N-dealkylation sites (tertiary alicyclic amines) is 1. The lowest BCUT2D eigenvalue weighted by atomic mass is 9.89. The molecule has 0 amide bonds. The van der Waals surface area contributed by atoms with E-state index in [0.717, 1.165) is 29.7 Å². The molecule has 114 valence electrons. The molecule has 0 aromatic heterocycles. The average Bonchev–Trinajstić information content (AvgIpc) is 2.87. The number of nitrogens with zero attached hydrogens (tertiary/aromatic N) is 2. The molecule has 1 aromatic carbocycles. The number of rotatable bonds is 3. The molecule has 0 saturated carbocycles. The molecule has 2 aliphatic heterocycles. The minimum absolute atomic E-state index is 0.0625. The molecule has 3 nitrogen and oxygen atoms in total. The van der Waals surface area contributed by atoms with Gasteiger partial charge in [0.1, 0.15) is 6.17 Å². The van der Waals surface area contributed by atoms with Crippen LogP contribution in [0.5, 0.6) is 0 Å². The third kappa shape index (κ3) is 3.71. The molecule has 1 N–H and O–H groups in total. The third-order valence-electron chi connectivity index (χ3n) is 4.36. The molecule has 1 saturated heterocycles. The number of hydrogen-bond donors (Lipinski definition) is 1. The van der Waals surface area contributed by atoms with Crippen LogP contribution in [-0.4, -0.2) is 42.7 Å². The quantitative estimate of drug-likeness (QED) is 0.844. The van der Waals surface area contributed by atoms with E-state index >= 15 is 0 Å². The standard InChI is InChI=1S/C16H21BrFN3/c1-11-9-19-16(20-11)10-21-7-6-13(8-15(21)18)12-2-4-14(17)5-3-12/h2-5,13,15-16,19H,6-10H2,1H3. The predicted molar refractivity (Wildman–Crippen MR) is 87.5 cm³/mol. The van der Waals surface area contributed by atoms with Crippen molar-refractivity contribution in [3.8, 4) is 0 Å². The summed E-state index contributed by atoms with van der Waals surface area (Å²) in [6.45, 7) is 4.32. The molecule has 0 bridgehead atoms. The Kier molecular flexibility index (Phi) is 4.72. The normalized spacial score (nSPS) is 30.4. The Hall–Kier alpha value is -0.780. The summed E-state index contributed by atoms with van der Waals surface area (Å²) in [5.41, 5.74) is 2.36. The molecule has 2 aliphatic rings. The van der Waals surface area contributed by atoms with E-state index in [4.69, 9.17) is 0 Å². The Balaban J connectivity index is 1.58. The lowest BCUT2D eigenvalue weighted by Crippen LogP contribution is -2.45. The van der Waals surface area contributed by atoms with Gasteiger partial charge < -0.3 is 0 Å². The van der Waals surface area contributed by atoms with Crippen molar-refractivity contribution in [3.05, 3.63) is 34.3 Å². The molecule has 0 aliphatic carbocycles. The first-order chi connectivity index (χ1) is 10.1. The van der Waals surface area contributed by atoms with Crippen molar-refractivity contribution >= 4 is 21.6 Å². The van der Waals surface area contributed by atoms with Gasteiger partial charge >= 0.3 is 0 Å². The van der Waals surface area contributed by atoms with Crippen molar-refractivity contribution in [1.29, 1.82) is 0 Å². The van der Waals surface area contributed by atoms with Gasteiger partial charge in [-0.2, -0.15) is 0 Å². The highest BCUT2D eigenvalue weighted by Gasteiger charge is 2.31. The van der Waals surface area contributed by atoms with E-state index in [1.54, 1.807) is 0 Å². The van der Waals surface area contributed by atoms with E-state index in [2.05, 4.69) is 38.4 Å². The van der Waals surface area contributed by atoms with E-state index in [1.807, 2.05) is 24.0 Å². The number of aliphatic imine (C=N–C) groups is 1. The van der Waals surface area contributed by atoms with Crippen LogP contribution in [0.2, 0.25) is 0 Å². The lowest BCUT2D eigenvalue weighted by Gasteiger charge is -2.36. The highest BCUT2D eigenvalue weighted by Crippen LogP contribution is 2.32. The van der Waals surface area contributed by atoms with Gasteiger partial charge in [0.25, 0.3) is 0 Å². The molecule has 1 fully saturated rings. The van der Waals surface area contributed by atoms with Crippen molar-refractivity contribution in [2.24, 2.45) is 4.99 Å². The first kappa shape index (κ1) is 15.1. The molecular formula is C16H21BrFN3. The second-order valence-corrected chi connectivity index (χ2v) is 6.88. The van der Waals surface area contributed by atoms with Gasteiger partial charge in [-0.3, -0.25) is 15.2 Å². The van der Waals surface area contributed by atoms with Crippen LogP contribution in [0.15, 0.2) is 33.7 Å². The summed E-state index contributed by atoms with van der Waals surface area (Å²) < 4.78 is 15.5. The fraction of sp³-hybridized carbons (Fsp3) is 0.562. The maximum absolute atomic E-state index is 14.5. The molecule has 3 rings (SSSR count). The van der Waals surface area contributed by atoms with E-state index in [1.165, 1.54) is 5.56 Å². The van der Waals surface area contributed by atoms with Crippen molar-refractivity contribution in [2.45, 2.75) is 38.1 Å². The summed E-state index contributed by atoms with van der Waals surface area (Å²) in [6, 6.07) is 8.27. The van der Waals surface area contributed by atoms with Crippen LogP contribution in [0.25, 0.3) is 0 Å². The fourth-order valence-corrected chi connectivity index (χ4v) is 3.42. The van der Waals surface area contributed by atoms with E-state index in [-0.39, 0.29) is 6.17 Å². The van der Waals surface area contributed by atoms with Crippen LogP contribution in [0.3, 0.4) is 0 Å². The van der Waals surface area contributed by atoms with Crippen LogP contribution in [-0.2, 0) is 0 Å². The lowest BCUT2D eigenvalue weighted by molar-refractivity contribution is 0.0312. The molecule has 0 spiro atoms. The molecule has 21 heavy (non-hydrogen) atoms. The van der Waals surface area contributed by atoms with Gasteiger partial charge in [-0.05, 0) is 43.4 Å². The van der Waals surface area contributed by atoms with Crippen molar-refractivity contribution in [1.82, 2.24) is 10.2 Å². The van der Waals surface area contributed by atoms with Crippen LogP contribution < -0.4 is 5.32 Å². The van der Waals surface area contributed by atoms with Crippen molar-refractivity contribution in [2.75, 3.05) is 19.6 Å². The number of benzene rings is 1. The van der Waals surface area contributed by atoms with Crippen LogP contribution in [0.4, 0.5) is 4.39 Å². The zero-order chi connectivity index (χ0) is 14.8. The highest BCUT2D eigenvalue weighted by atomic mass is 79.9. The number of nitrogens with one attached hydrogen (secondary N) is 1. The summed E-state index contributed by atoms with van der Waals surface area (Å²) >= 11 is 3.44. The number of halogens is 2. The monoisotopic (exact) mass is 353 g/mol. The Morgan fingerprint density at radius 1 is 1.38 bits per heavy atom. The predicted octanol–water partition coefficient (Wildman–Crippen LogP) is 3.31. The Labute approximate surface area is 133 Å². The average molecular weight is 354 g/mol. The van der Waals surface area contributed by atoms with Gasteiger partial charge in [0.05, 0.1) is 0 Å². The molecule has 2 heterocycles. The van der Waals surface area contributed by atoms with Gasteiger partial charge in [-0.25, -0.2) is 4.39 Å². The topological polar surface area (TPSA) is 27.6 Å². The highest BCUT2D eigenvalue weighted by molar-refractivity contribution is 9.10. The first-order valence-electron chi connectivity index (χ1n) is 7.52. The fourth-order valence-electron chi connectivity index (χ4n) is 3.16. The SMILES string of the molecule is CC1=NC(CN2CCC(c3ccc(Br)cc3)CC2F)NC1. The smallest absolute Gasteiger partial charge is 0.154 e. The third-order valence-corrected chi connectivity index (χ3v) is 4.89. The summed E-state index contributed by atoms with van der Waals surface area (Å²) in [5.74, 6) is 0.325. The summed E-state index contributed by atoms with van der Waals surface area (Å²) in [6.07, 6.45) is 0.784. The minimum atomic E-state index is -0.870. The van der Waals surface area contributed by atoms with Crippen LogP contribution in [0.1, 0.15) is 31.2 Å². The van der Waals surface area contributed by atoms with Gasteiger partial charge in [-0.15, -0.1) is 0 Å². The number of alkyl halides is 1. The van der Waals surface area contributed by atoms with Crippen LogP contribution >= 0.6 is 15.9 Å². The molecular weight excluding hydrogens is 333 g/mol. The van der Waals surface area contributed by atoms with Gasteiger partial charge in [-0.1, -0.05) is 28.1 Å². The number of piperidine rings is 1. The molecule has 3 unspecified atom stereocenters. The Morgan fingerprint density at radius 2 is 2.14 bits per heavy atom. The maximum Gasteiger partial charge on any atom is 0.154 e. The molecule has 3 atom stereocenters. The van der Waals surface area contributed by atoms with E-state index in [9.17, 15) is 4.39 Å². The Bertz CT molecular complexity index is 517. The zero-order valence-corrected chi connectivity index (χ0v) is 13.8. The largest absolute Gasteiger partial charge is 0.289 e. The summed E-state index contributed by atoms with van der Waals surface area (Å²) in [5, 5.41) is 3.31. The minimum Gasteiger partial charge on any atom is -0.289 e. The summed E-state index contributed by atoms with van der Waals surface area (Å²) in [7, 11) is 0. The molecule has 5 heteroatoms. The molecule has 1 aromatic rings. The van der Waals surface area contributed by atoms with Gasteiger partial charge in [0.2, 0.25) is 0 Å². The van der Waals surface area contributed by atoms with Gasteiger partial charge in [0, 0.05) is 29.8 Å². The first-order valence-corrected chi connectivity index (χ1v) is 8.31. The van der Waals surface area contributed by atoms with Gasteiger partial charge in [0.15, 0.2) is 6.30 Å². The second kappa shape index (κ2) is 6.55. The van der Waals surface area contributed by atoms with Crippen LogP contribution in [0, 0.1) is 0 Å². The van der Waals surface area contributed by atoms with E-state index < -0.39 is 6.30 Å².